The number of nitriles is 1. The Morgan fingerprint density at radius 3 is 2.41 bits per heavy atom. The number of amides is 1. The standard InChI is InChI=1S/C19H22N4O5S/c1-25-13-8-12(9-14(26-2)16(13)27-3)17-22-23-18(28-17)29-10-15(24)21-19(11-20)6-4-5-7-19/h8-9H,4-7,10H2,1-3H3,(H,21,24). The SMILES string of the molecule is COc1cc(-c2nnc(SCC(=O)NC3(C#N)CCCC3)o2)cc(OC)c1OC. The molecule has 3 rings (SSSR count). The maximum atomic E-state index is 12.2. The number of carbonyl (C=O) groups is 1. The number of aromatic nitrogens is 2. The fraction of sp³-hybridized carbons (Fsp3) is 0.474. The molecule has 1 saturated carbocycles. The topological polar surface area (TPSA) is 120 Å². The van der Waals surface area contributed by atoms with Gasteiger partial charge in [-0.3, -0.25) is 4.79 Å². The first-order valence-corrected chi connectivity index (χ1v) is 10.0. The van der Waals surface area contributed by atoms with Crippen LogP contribution < -0.4 is 19.5 Å². The van der Waals surface area contributed by atoms with E-state index in [1.807, 2.05) is 0 Å². The Kier molecular flexibility index (Phi) is 6.49. The third kappa shape index (κ3) is 4.56. The fourth-order valence-electron chi connectivity index (χ4n) is 3.26. The molecule has 1 aliphatic carbocycles. The molecule has 1 aromatic carbocycles. The summed E-state index contributed by atoms with van der Waals surface area (Å²) in [5.74, 6) is 1.50. The molecule has 0 bridgehead atoms. The Hall–Kier alpha value is -2.93. The molecule has 29 heavy (non-hydrogen) atoms. The summed E-state index contributed by atoms with van der Waals surface area (Å²) in [6.45, 7) is 0. The summed E-state index contributed by atoms with van der Waals surface area (Å²) in [4.78, 5) is 12.2. The van der Waals surface area contributed by atoms with Crippen molar-refractivity contribution in [3.63, 3.8) is 0 Å². The Balaban J connectivity index is 1.68. The number of nitrogens with one attached hydrogen (secondary N) is 1. The van der Waals surface area contributed by atoms with Crippen LogP contribution in [0.25, 0.3) is 11.5 Å². The summed E-state index contributed by atoms with van der Waals surface area (Å²) in [5, 5.41) is 20.5. The molecule has 0 unspecified atom stereocenters. The van der Waals surface area contributed by atoms with Gasteiger partial charge in [0.25, 0.3) is 5.22 Å². The van der Waals surface area contributed by atoms with Crippen LogP contribution >= 0.6 is 11.8 Å². The van der Waals surface area contributed by atoms with Crippen LogP contribution in [0.5, 0.6) is 17.2 Å². The highest BCUT2D eigenvalue weighted by Gasteiger charge is 2.35. The van der Waals surface area contributed by atoms with E-state index in [4.69, 9.17) is 18.6 Å². The van der Waals surface area contributed by atoms with Crippen molar-refractivity contribution in [1.82, 2.24) is 15.5 Å². The van der Waals surface area contributed by atoms with Gasteiger partial charge in [0.1, 0.15) is 5.54 Å². The minimum absolute atomic E-state index is 0.0836. The highest BCUT2D eigenvalue weighted by molar-refractivity contribution is 7.99. The molecule has 0 saturated heterocycles. The van der Waals surface area contributed by atoms with Gasteiger partial charge in [-0.15, -0.1) is 10.2 Å². The summed E-state index contributed by atoms with van der Waals surface area (Å²) < 4.78 is 21.6. The van der Waals surface area contributed by atoms with E-state index in [0.29, 0.717) is 35.7 Å². The molecule has 154 valence electrons. The predicted molar refractivity (Wildman–Crippen MR) is 105 cm³/mol. The minimum atomic E-state index is -0.742. The number of hydrogen-bond acceptors (Lipinski definition) is 9. The molecule has 1 aromatic heterocycles. The van der Waals surface area contributed by atoms with Crippen LogP contribution in [0.2, 0.25) is 0 Å². The quantitative estimate of drug-likeness (QED) is 0.645. The van der Waals surface area contributed by atoms with E-state index in [-0.39, 0.29) is 22.8 Å². The minimum Gasteiger partial charge on any atom is -0.493 e. The van der Waals surface area contributed by atoms with Gasteiger partial charge in [0.2, 0.25) is 17.5 Å². The first-order valence-electron chi connectivity index (χ1n) is 9.03. The van der Waals surface area contributed by atoms with Crippen LogP contribution in [-0.4, -0.2) is 48.7 Å². The number of ether oxygens (including phenoxy) is 3. The van der Waals surface area contributed by atoms with E-state index in [1.165, 1.54) is 21.3 Å². The first-order chi connectivity index (χ1) is 14.0. The number of methoxy groups -OCH3 is 3. The lowest BCUT2D eigenvalue weighted by Gasteiger charge is -2.21. The van der Waals surface area contributed by atoms with E-state index < -0.39 is 5.54 Å². The molecule has 0 spiro atoms. The maximum absolute atomic E-state index is 12.2. The largest absolute Gasteiger partial charge is 0.493 e. The lowest BCUT2D eigenvalue weighted by Crippen LogP contribution is -2.45. The molecule has 1 heterocycles. The third-order valence-electron chi connectivity index (χ3n) is 4.69. The van der Waals surface area contributed by atoms with Gasteiger partial charge >= 0.3 is 0 Å². The monoisotopic (exact) mass is 418 g/mol. The average Bonchev–Trinajstić information content (AvgIpc) is 3.41. The van der Waals surface area contributed by atoms with Gasteiger partial charge < -0.3 is 23.9 Å². The molecule has 1 amide bonds. The Morgan fingerprint density at radius 1 is 1.21 bits per heavy atom. The summed E-state index contributed by atoms with van der Waals surface area (Å²) in [6, 6.07) is 5.64. The molecule has 1 aliphatic rings. The van der Waals surface area contributed by atoms with Crippen molar-refractivity contribution in [2.75, 3.05) is 27.1 Å². The predicted octanol–water partition coefficient (Wildman–Crippen LogP) is 2.81. The normalized spacial score (nSPS) is 14.8. The first kappa shape index (κ1) is 20.8. The zero-order valence-corrected chi connectivity index (χ0v) is 17.3. The van der Waals surface area contributed by atoms with Gasteiger partial charge in [-0.1, -0.05) is 11.8 Å². The van der Waals surface area contributed by atoms with E-state index in [1.54, 1.807) is 12.1 Å². The third-order valence-corrected chi connectivity index (χ3v) is 5.51. The lowest BCUT2D eigenvalue weighted by atomic mass is 10.0. The zero-order chi connectivity index (χ0) is 20.9. The van der Waals surface area contributed by atoms with Crippen LogP contribution in [0.4, 0.5) is 0 Å². The molecule has 0 atom stereocenters. The number of thioether (sulfide) groups is 1. The Labute approximate surface area is 172 Å². The average molecular weight is 418 g/mol. The fourth-order valence-corrected chi connectivity index (χ4v) is 3.83. The van der Waals surface area contributed by atoms with Gasteiger partial charge in [-0.25, -0.2) is 0 Å². The molecule has 1 fully saturated rings. The number of rotatable bonds is 8. The van der Waals surface area contributed by atoms with Crippen LogP contribution in [0.1, 0.15) is 25.7 Å². The van der Waals surface area contributed by atoms with Crippen LogP contribution in [0, 0.1) is 11.3 Å². The second kappa shape index (κ2) is 9.05. The van der Waals surface area contributed by atoms with Gasteiger partial charge in [-0.05, 0) is 37.8 Å². The number of carbonyl (C=O) groups excluding carboxylic acids is 1. The van der Waals surface area contributed by atoms with Crippen LogP contribution in [0.3, 0.4) is 0 Å². The smallest absolute Gasteiger partial charge is 0.277 e. The van der Waals surface area contributed by atoms with Gasteiger partial charge in [-0.2, -0.15) is 5.26 Å². The van der Waals surface area contributed by atoms with E-state index >= 15 is 0 Å². The highest BCUT2D eigenvalue weighted by atomic mass is 32.2. The van der Waals surface area contributed by atoms with Crippen molar-refractivity contribution in [2.24, 2.45) is 0 Å². The van der Waals surface area contributed by atoms with E-state index in [2.05, 4.69) is 21.6 Å². The van der Waals surface area contributed by atoms with Crippen molar-refractivity contribution in [2.45, 2.75) is 36.4 Å². The maximum Gasteiger partial charge on any atom is 0.277 e. The van der Waals surface area contributed by atoms with Gasteiger partial charge in [0.05, 0.1) is 33.2 Å². The number of nitrogens with zero attached hydrogens (tertiary/aromatic N) is 3. The van der Waals surface area contributed by atoms with Crippen molar-refractivity contribution >= 4 is 17.7 Å². The van der Waals surface area contributed by atoms with Crippen molar-refractivity contribution in [1.29, 1.82) is 5.26 Å². The Morgan fingerprint density at radius 2 is 1.86 bits per heavy atom. The molecule has 0 radical (unpaired) electrons. The summed E-state index contributed by atoms with van der Waals surface area (Å²) in [7, 11) is 4.56. The number of hydrogen-bond donors (Lipinski definition) is 1. The van der Waals surface area contributed by atoms with Gasteiger partial charge in [0.15, 0.2) is 11.5 Å². The van der Waals surface area contributed by atoms with Crippen LogP contribution in [-0.2, 0) is 4.79 Å². The highest BCUT2D eigenvalue weighted by Crippen LogP contribution is 2.41. The summed E-state index contributed by atoms with van der Waals surface area (Å²) in [6.07, 6.45) is 3.27. The molecule has 10 heteroatoms. The van der Waals surface area contributed by atoms with Crippen molar-refractivity contribution < 1.29 is 23.4 Å². The summed E-state index contributed by atoms with van der Waals surface area (Å²) in [5.41, 5.74) is -0.147. The summed E-state index contributed by atoms with van der Waals surface area (Å²) >= 11 is 1.12. The van der Waals surface area contributed by atoms with E-state index in [0.717, 1.165) is 24.6 Å². The van der Waals surface area contributed by atoms with Gasteiger partial charge in [0, 0.05) is 5.56 Å². The Bertz CT molecular complexity index is 893. The van der Waals surface area contributed by atoms with Crippen molar-refractivity contribution in [3.8, 4) is 34.8 Å². The molecular weight excluding hydrogens is 396 g/mol. The number of benzene rings is 1. The van der Waals surface area contributed by atoms with Crippen molar-refractivity contribution in [3.05, 3.63) is 12.1 Å². The van der Waals surface area contributed by atoms with Crippen LogP contribution in [0.15, 0.2) is 21.8 Å². The second-order valence-corrected chi connectivity index (χ2v) is 7.45. The van der Waals surface area contributed by atoms with E-state index in [9.17, 15) is 10.1 Å². The molecule has 0 aliphatic heterocycles. The molecule has 9 nitrogen and oxygen atoms in total. The second-order valence-electron chi connectivity index (χ2n) is 6.53. The zero-order valence-electron chi connectivity index (χ0n) is 16.5. The molecular formula is C19H22N4O5S. The molecule has 1 N–H and O–H groups in total. The molecule has 2 aromatic rings. The lowest BCUT2D eigenvalue weighted by molar-refractivity contribution is -0.119.